The van der Waals surface area contributed by atoms with Gasteiger partial charge in [-0.3, -0.25) is 9.20 Å². The molecule has 0 amide bonds. The van der Waals surface area contributed by atoms with Gasteiger partial charge < -0.3 is 0 Å². The zero-order chi connectivity index (χ0) is 11.3. The Kier molecular flexibility index (Phi) is 1.85. The molecule has 0 saturated carbocycles. The van der Waals surface area contributed by atoms with Crippen LogP contribution in [0.5, 0.6) is 0 Å². The van der Waals surface area contributed by atoms with Crippen LogP contribution in [-0.4, -0.2) is 9.38 Å². The largest absolute Gasteiger partial charge is 0.268 e. The van der Waals surface area contributed by atoms with Gasteiger partial charge in [0.25, 0.3) is 5.56 Å². The first-order chi connectivity index (χ1) is 7.66. The highest BCUT2D eigenvalue weighted by molar-refractivity contribution is 7.15. The second kappa shape index (κ2) is 3.12. The predicted molar refractivity (Wildman–Crippen MR) is 61.5 cm³/mol. The number of hydrogen-bond donors (Lipinski definition) is 0. The van der Waals surface area contributed by atoms with Gasteiger partial charge in [-0.2, -0.15) is 0 Å². The summed E-state index contributed by atoms with van der Waals surface area (Å²) in [6, 6.07) is 4.07. The molecule has 0 bridgehead atoms. The molecule has 3 rings (SSSR count). The molecule has 16 heavy (non-hydrogen) atoms. The van der Waals surface area contributed by atoms with Crippen LogP contribution in [0.3, 0.4) is 0 Å². The molecular weight excluding hydrogens is 227 g/mol. The van der Waals surface area contributed by atoms with Crippen LogP contribution < -0.4 is 5.56 Å². The monoisotopic (exact) mass is 234 g/mol. The first-order valence-electron chi connectivity index (χ1n) is 4.73. The molecular formula is C11H7FN2OS. The van der Waals surface area contributed by atoms with Crippen molar-refractivity contribution in [2.24, 2.45) is 0 Å². The van der Waals surface area contributed by atoms with Crippen molar-refractivity contribution in [3.8, 4) is 0 Å². The summed E-state index contributed by atoms with van der Waals surface area (Å²) < 4.78 is 14.6. The van der Waals surface area contributed by atoms with Gasteiger partial charge in [0.15, 0.2) is 4.96 Å². The summed E-state index contributed by atoms with van der Waals surface area (Å²) in [7, 11) is 0. The molecule has 0 radical (unpaired) electrons. The highest BCUT2D eigenvalue weighted by atomic mass is 32.1. The maximum absolute atomic E-state index is 13.1. The zero-order valence-electron chi connectivity index (χ0n) is 8.40. The predicted octanol–water partition coefficient (Wildman–Crippen LogP) is 2.36. The lowest BCUT2D eigenvalue weighted by molar-refractivity contribution is 0.629. The molecule has 0 atom stereocenters. The topological polar surface area (TPSA) is 34.4 Å². The summed E-state index contributed by atoms with van der Waals surface area (Å²) in [5, 5.41) is 2.18. The molecule has 2 heterocycles. The lowest BCUT2D eigenvalue weighted by Crippen LogP contribution is -2.14. The number of benzene rings is 1. The summed E-state index contributed by atoms with van der Waals surface area (Å²) >= 11 is 1.41. The summed E-state index contributed by atoms with van der Waals surface area (Å²) in [5.74, 6) is -0.417. The van der Waals surface area contributed by atoms with Gasteiger partial charge in [0.1, 0.15) is 5.82 Å². The van der Waals surface area contributed by atoms with E-state index in [2.05, 4.69) is 4.98 Å². The summed E-state index contributed by atoms with van der Waals surface area (Å²) in [6.45, 7) is 1.83. The van der Waals surface area contributed by atoms with Crippen LogP contribution in [0.1, 0.15) is 5.69 Å². The first kappa shape index (κ1) is 9.47. The van der Waals surface area contributed by atoms with Crippen LogP contribution >= 0.6 is 11.3 Å². The minimum atomic E-state index is -0.417. The van der Waals surface area contributed by atoms with Gasteiger partial charge in [0, 0.05) is 11.1 Å². The van der Waals surface area contributed by atoms with E-state index >= 15 is 0 Å². The molecule has 80 valence electrons. The van der Waals surface area contributed by atoms with Gasteiger partial charge in [-0.25, -0.2) is 9.37 Å². The van der Waals surface area contributed by atoms with E-state index in [1.165, 1.54) is 33.9 Å². The lowest BCUT2D eigenvalue weighted by atomic mass is 10.2. The molecule has 2 aromatic heterocycles. The normalized spacial score (nSPS) is 11.4. The zero-order valence-corrected chi connectivity index (χ0v) is 9.21. The fourth-order valence-corrected chi connectivity index (χ4v) is 2.58. The third-order valence-corrected chi connectivity index (χ3v) is 3.43. The Bertz CT molecular complexity index is 760. The highest BCUT2D eigenvalue weighted by Crippen LogP contribution is 2.16. The highest BCUT2D eigenvalue weighted by Gasteiger charge is 2.09. The quantitative estimate of drug-likeness (QED) is 0.598. The molecule has 5 heteroatoms. The number of rotatable bonds is 0. The molecule has 3 nitrogen and oxygen atoms in total. The van der Waals surface area contributed by atoms with Crippen molar-refractivity contribution in [3.63, 3.8) is 0 Å². The standard InChI is InChI=1S/C11H7FN2OS/c1-6-5-16-11-13-9-3-2-7(12)4-8(9)10(15)14(6)11/h2-5H,1H3. The van der Waals surface area contributed by atoms with E-state index in [0.717, 1.165) is 5.69 Å². The molecule has 0 spiro atoms. The average molecular weight is 234 g/mol. The van der Waals surface area contributed by atoms with Crippen molar-refractivity contribution in [1.29, 1.82) is 0 Å². The van der Waals surface area contributed by atoms with E-state index in [9.17, 15) is 9.18 Å². The van der Waals surface area contributed by atoms with Crippen LogP contribution in [0.4, 0.5) is 4.39 Å². The fourth-order valence-electron chi connectivity index (χ4n) is 1.72. The molecule has 1 aromatic carbocycles. The minimum Gasteiger partial charge on any atom is -0.268 e. The number of aryl methyl sites for hydroxylation is 1. The maximum atomic E-state index is 13.1. The Balaban J connectivity index is 2.64. The summed E-state index contributed by atoms with van der Waals surface area (Å²) in [4.78, 5) is 17.0. The van der Waals surface area contributed by atoms with Crippen LogP contribution in [0, 0.1) is 12.7 Å². The second-order valence-corrected chi connectivity index (χ2v) is 4.41. The smallest absolute Gasteiger partial charge is 0.266 e. The van der Waals surface area contributed by atoms with E-state index in [1.54, 1.807) is 0 Å². The van der Waals surface area contributed by atoms with Gasteiger partial charge in [-0.05, 0) is 25.1 Å². The molecule has 0 fully saturated rings. The van der Waals surface area contributed by atoms with Crippen LogP contribution in [-0.2, 0) is 0 Å². The van der Waals surface area contributed by atoms with Crippen molar-refractivity contribution in [1.82, 2.24) is 9.38 Å². The van der Waals surface area contributed by atoms with Crippen molar-refractivity contribution >= 4 is 27.2 Å². The third-order valence-electron chi connectivity index (χ3n) is 2.49. The number of hydrogen-bond acceptors (Lipinski definition) is 3. The molecule has 0 unspecified atom stereocenters. The van der Waals surface area contributed by atoms with Crippen molar-refractivity contribution in [2.45, 2.75) is 6.92 Å². The molecule has 0 N–H and O–H groups in total. The first-order valence-corrected chi connectivity index (χ1v) is 5.61. The van der Waals surface area contributed by atoms with Crippen LogP contribution in [0.2, 0.25) is 0 Å². The second-order valence-electron chi connectivity index (χ2n) is 3.57. The Morgan fingerprint density at radius 1 is 1.44 bits per heavy atom. The van der Waals surface area contributed by atoms with Gasteiger partial charge in [0.05, 0.1) is 10.9 Å². The number of fused-ring (bicyclic) bond motifs is 2. The van der Waals surface area contributed by atoms with E-state index in [-0.39, 0.29) is 5.56 Å². The minimum absolute atomic E-state index is 0.210. The number of thiazole rings is 1. The Hall–Kier alpha value is -1.75. The number of nitrogens with zero attached hydrogens (tertiary/aromatic N) is 2. The molecule has 3 aromatic rings. The number of aromatic nitrogens is 2. The summed E-state index contributed by atoms with van der Waals surface area (Å²) in [6.07, 6.45) is 0. The van der Waals surface area contributed by atoms with Crippen LogP contribution in [0.15, 0.2) is 28.4 Å². The van der Waals surface area contributed by atoms with Crippen molar-refractivity contribution in [2.75, 3.05) is 0 Å². The molecule has 0 aliphatic rings. The summed E-state index contributed by atoms with van der Waals surface area (Å²) in [5.41, 5.74) is 1.15. The third kappa shape index (κ3) is 1.18. The Morgan fingerprint density at radius 2 is 2.25 bits per heavy atom. The van der Waals surface area contributed by atoms with E-state index in [1.807, 2.05) is 12.3 Å². The van der Waals surface area contributed by atoms with Gasteiger partial charge in [-0.15, -0.1) is 11.3 Å². The Labute approximate surface area is 93.8 Å². The van der Waals surface area contributed by atoms with Gasteiger partial charge in [-0.1, -0.05) is 0 Å². The lowest BCUT2D eigenvalue weighted by Gasteiger charge is -1.99. The van der Waals surface area contributed by atoms with Crippen LogP contribution in [0.25, 0.3) is 15.9 Å². The van der Waals surface area contributed by atoms with Gasteiger partial charge >= 0.3 is 0 Å². The van der Waals surface area contributed by atoms with E-state index < -0.39 is 5.82 Å². The van der Waals surface area contributed by atoms with E-state index in [4.69, 9.17) is 0 Å². The Morgan fingerprint density at radius 3 is 3.06 bits per heavy atom. The fraction of sp³-hybridized carbons (Fsp3) is 0.0909. The van der Waals surface area contributed by atoms with E-state index in [0.29, 0.717) is 15.9 Å². The van der Waals surface area contributed by atoms with Crippen molar-refractivity contribution in [3.05, 3.63) is 45.4 Å². The van der Waals surface area contributed by atoms with Gasteiger partial charge in [0.2, 0.25) is 0 Å². The SMILES string of the molecule is Cc1csc2nc3ccc(F)cc3c(=O)n12. The van der Waals surface area contributed by atoms with Crippen molar-refractivity contribution < 1.29 is 4.39 Å². The average Bonchev–Trinajstić information content (AvgIpc) is 2.62. The molecule has 0 saturated heterocycles. The molecule has 0 aliphatic heterocycles. The maximum Gasteiger partial charge on any atom is 0.266 e. The molecule has 0 aliphatic carbocycles. The number of halogens is 1.